The Morgan fingerprint density at radius 1 is 1.38 bits per heavy atom. The van der Waals surface area contributed by atoms with Gasteiger partial charge >= 0.3 is 11.9 Å². The number of allylic oxidation sites excluding steroid dienone is 1. The number of carbonyl (C=O) groups is 2. The third kappa shape index (κ3) is 1.62. The molecule has 3 aliphatic carbocycles. The monoisotopic (exact) mass is 292 g/mol. The maximum absolute atomic E-state index is 11.6. The fourth-order valence-corrected chi connectivity index (χ4v) is 6.00. The zero-order valence-electron chi connectivity index (χ0n) is 13.2. The van der Waals surface area contributed by atoms with Gasteiger partial charge in [-0.2, -0.15) is 0 Å². The van der Waals surface area contributed by atoms with E-state index in [0.717, 1.165) is 19.3 Å². The lowest BCUT2D eigenvalue weighted by atomic mass is 9.60. The van der Waals surface area contributed by atoms with Crippen LogP contribution in [0.2, 0.25) is 0 Å². The quantitative estimate of drug-likeness (QED) is 0.795. The fraction of sp³-hybridized carbons (Fsp3) is 0.765. The van der Waals surface area contributed by atoms with E-state index in [1.165, 1.54) is 6.92 Å². The minimum absolute atomic E-state index is 0.0678. The van der Waals surface area contributed by atoms with Crippen LogP contribution in [0.25, 0.3) is 0 Å². The van der Waals surface area contributed by atoms with Crippen molar-refractivity contribution in [3.63, 3.8) is 0 Å². The summed E-state index contributed by atoms with van der Waals surface area (Å²) in [5.41, 5.74) is 0.107. The molecule has 2 fully saturated rings. The molecule has 0 bridgehead atoms. The van der Waals surface area contributed by atoms with E-state index in [1.807, 2.05) is 13.0 Å². The van der Waals surface area contributed by atoms with Crippen LogP contribution >= 0.6 is 0 Å². The van der Waals surface area contributed by atoms with Gasteiger partial charge in [-0.05, 0) is 42.4 Å². The maximum atomic E-state index is 11.6. The number of carboxylic acid groups (broad SMARTS) is 1. The van der Waals surface area contributed by atoms with Crippen molar-refractivity contribution < 1.29 is 19.4 Å². The molecule has 0 aromatic heterocycles. The standard InChI is InChI=1S/C17H24O4/c1-9-7-14(21-11(3)18)17-10(2)12(15(19)20)8-16(17,4)6-5-13(9)17/h8-10,13-14H,5-7H2,1-4H3,(H,19,20)/t9?,10-,13-,14?,16-,17-/m1/s1. The number of hydrogen-bond acceptors (Lipinski definition) is 3. The van der Waals surface area contributed by atoms with Gasteiger partial charge in [0.05, 0.1) is 0 Å². The lowest BCUT2D eigenvalue weighted by molar-refractivity contribution is -0.158. The van der Waals surface area contributed by atoms with Crippen LogP contribution in [-0.4, -0.2) is 23.1 Å². The maximum Gasteiger partial charge on any atom is 0.331 e. The molecule has 0 amide bonds. The Morgan fingerprint density at radius 2 is 2.05 bits per heavy atom. The molecular formula is C17H24O4. The second-order valence-electron chi connectivity index (χ2n) is 7.43. The molecule has 2 unspecified atom stereocenters. The van der Waals surface area contributed by atoms with Gasteiger partial charge in [0.15, 0.2) is 0 Å². The SMILES string of the molecule is CC(=O)OC1CC(C)[C@H]2CC[C@]3(C)C=C(C(=O)O)[C@@H](C)[C@]123. The molecule has 0 aromatic carbocycles. The molecule has 3 rings (SSSR count). The first-order valence-electron chi connectivity index (χ1n) is 7.87. The zero-order valence-corrected chi connectivity index (χ0v) is 13.2. The van der Waals surface area contributed by atoms with Crippen LogP contribution in [0, 0.1) is 28.6 Å². The van der Waals surface area contributed by atoms with Crippen molar-refractivity contribution in [2.45, 2.75) is 53.1 Å². The second kappa shape index (κ2) is 4.34. The van der Waals surface area contributed by atoms with E-state index in [0.29, 0.717) is 17.4 Å². The fourth-order valence-electron chi connectivity index (χ4n) is 6.00. The number of aliphatic carboxylic acids is 1. The van der Waals surface area contributed by atoms with Crippen molar-refractivity contribution in [1.82, 2.24) is 0 Å². The van der Waals surface area contributed by atoms with Crippen molar-refractivity contribution in [2.75, 3.05) is 0 Å². The van der Waals surface area contributed by atoms with E-state index in [1.54, 1.807) is 0 Å². The first kappa shape index (κ1) is 14.6. The average molecular weight is 292 g/mol. The summed E-state index contributed by atoms with van der Waals surface area (Å²) in [7, 11) is 0. The van der Waals surface area contributed by atoms with Crippen LogP contribution in [0.1, 0.15) is 47.0 Å². The second-order valence-corrected chi connectivity index (χ2v) is 7.43. The molecule has 2 saturated carbocycles. The highest BCUT2D eigenvalue weighted by atomic mass is 16.5. The topological polar surface area (TPSA) is 63.6 Å². The number of ether oxygens (including phenoxy) is 1. The Balaban J connectivity index is 2.11. The molecule has 3 aliphatic rings. The molecule has 4 heteroatoms. The summed E-state index contributed by atoms with van der Waals surface area (Å²) < 4.78 is 5.70. The first-order chi connectivity index (χ1) is 9.74. The van der Waals surface area contributed by atoms with Crippen molar-refractivity contribution in [1.29, 1.82) is 0 Å². The number of hydrogen-bond donors (Lipinski definition) is 1. The van der Waals surface area contributed by atoms with Gasteiger partial charge in [-0.1, -0.05) is 26.8 Å². The zero-order chi connectivity index (χ0) is 15.6. The lowest BCUT2D eigenvalue weighted by Gasteiger charge is -2.45. The molecule has 4 nitrogen and oxygen atoms in total. The molecule has 1 spiro atoms. The number of carbonyl (C=O) groups excluding carboxylic acids is 1. The van der Waals surface area contributed by atoms with Crippen LogP contribution in [0.3, 0.4) is 0 Å². The van der Waals surface area contributed by atoms with Gasteiger partial charge in [0, 0.05) is 17.9 Å². The molecule has 0 heterocycles. The van der Waals surface area contributed by atoms with Gasteiger partial charge < -0.3 is 9.84 Å². The summed E-state index contributed by atoms with van der Waals surface area (Å²) >= 11 is 0. The molecule has 1 N–H and O–H groups in total. The molecule has 21 heavy (non-hydrogen) atoms. The van der Waals surface area contributed by atoms with Gasteiger partial charge in [0.1, 0.15) is 6.10 Å². The van der Waals surface area contributed by atoms with E-state index < -0.39 is 5.97 Å². The minimum Gasteiger partial charge on any atom is -0.478 e. The largest absolute Gasteiger partial charge is 0.478 e. The van der Waals surface area contributed by atoms with Gasteiger partial charge in [-0.25, -0.2) is 4.79 Å². The lowest BCUT2D eigenvalue weighted by Crippen LogP contribution is -2.47. The Bertz CT molecular complexity index is 537. The molecule has 0 aromatic rings. The predicted molar refractivity (Wildman–Crippen MR) is 77.5 cm³/mol. The van der Waals surface area contributed by atoms with Crippen molar-refractivity contribution in [3.8, 4) is 0 Å². The summed E-state index contributed by atoms with van der Waals surface area (Å²) in [4.78, 5) is 23.2. The Morgan fingerprint density at radius 3 is 2.62 bits per heavy atom. The van der Waals surface area contributed by atoms with Gasteiger partial charge in [0.25, 0.3) is 0 Å². The molecule has 116 valence electrons. The van der Waals surface area contributed by atoms with Crippen LogP contribution < -0.4 is 0 Å². The smallest absolute Gasteiger partial charge is 0.331 e. The number of rotatable bonds is 2. The van der Waals surface area contributed by atoms with E-state index >= 15 is 0 Å². The summed E-state index contributed by atoms with van der Waals surface area (Å²) in [6.45, 7) is 7.84. The van der Waals surface area contributed by atoms with Crippen molar-refractivity contribution in [3.05, 3.63) is 11.6 Å². The number of carboxylic acids is 1. The normalized spacial score (nSPS) is 47.7. The summed E-state index contributed by atoms with van der Waals surface area (Å²) in [5.74, 6) is -0.239. The minimum atomic E-state index is -0.827. The van der Waals surface area contributed by atoms with Crippen LogP contribution in [-0.2, 0) is 14.3 Å². The third-order valence-electron chi connectivity index (χ3n) is 6.60. The highest BCUT2D eigenvalue weighted by molar-refractivity contribution is 5.88. The van der Waals surface area contributed by atoms with E-state index in [-0.39, 0.29) is 28.8 Å². The van der Waals surface area contributed by atoms with E-state index in [4.69, 9.17) is 4.74 Å². The Labute approximate surface area is 125 Å². The van der Waals surface area contributed by atoms with E-state index in [2.05, 4.69) is 13.8 Å². The summed E-state index contributed by atoms with van der Waals surface area (Å²) in [6.07, 6.45) is 4.74. The molecule has 0 saturated heterocycles. The Kier molecular flexibility index (Phi) is 3.02. The van der Waals surface area contributed by atoms with Gasteiger partial charge in [-0.15, -0.1) is 0 Å². The van der Waals surface area contributed by atoms with Crippen LogP contribution in [0.4, 0.5) is 0 Å². The van der Waals surface area contributed by atoms with Crippen LogP contribution in [0.15, 0.2) is 11.6 Å². The van der Waals surface area contributed by atoms with E-state index in [9.17, 15) is 14.7 Å². The Hall–Kier alpha value is -1.32. The molecule has 0 radical (unpaired) electrons. The van der Waals surface area contributed by atoms with Crippen molar-refractivity contribution in [2.24, 2.45) is 28.6 Å². The number of esters is 1. The highest BCUT2D eigenvalue weighted by Gasteiger charge is 2.72. The van der Waals surface area contributed by atoms with Gasteiger partial charge in [-0.3, -0.25) is 4.79 Å². The summed E-state index contributed by atoms with van der Waals surface area (Å²) in [5, 5.41) is 9.53. The average Bonchev–Trinajstić information content (AvgIpc) is 2.89. The molecule has 0 aliphatic heterocycles. The molecule has 6 atom stereocenters. The highest BCUT2D eigenvalue weighted by Crippen LogP contribution is 2.73. The summed E-state index contributed by atoms with van der Waals surface area (Å²) in [6, 6.07) is 0. The van der Waals surface area contributed by atoms with Crippen molar-refractivity contribution >= 4 is 11.9 Å². The third-order valence-corrected chi connectivity index (χ3v) is 6.60. The predicted octanol–water partition coefficient (Wildman–Crippen LogP) is 3.02. The molecular weight excluding hydrogens is 268 g/mol. The van der Waals surface area contributed by atoms with Gasteiger partial charge in [0.2, 0.25) is 0 Å². The first-order valence-corrected chi connectivity index (χ1v) is 7.87. The van der Waals surface area contributed by atoms with Crippen LogP contribution in [0.5, 0.6) is 0 Å².